The quantitative estimate of drug-likeness (QED) is 0.589. The molecule has 0 saturated carbocycles. The molecule has 1 aliphatic rings. The van der Waals surface area contributed by atoms with E-state index in [9.17, 15) is 22.0 Å². The van der Waals surface area contributed by atoms with Crippen LogP contribution in [0.1, 0.15) is 25.0 Å². The first-order valence-corrected chi connectivity index (χ1v) is 11.9. The van der Waals surface area contributed by atoms with E-state index < -0.39 is 16.6 Å². The van der Waals surface area contributed by atoms with E-state index in [4.69, 9.17) is 9.88 Å². The molecule has 11 heteroatoms. The van der Waals surface area contributed by atoms with Crippen molar-refractivity contribution in [3.63, 3.8) is 0 Å². The second-order valence-corrected chi connectivity index (χ2v) is 9.48. The van der Waals surface area contributed by atoms with E-state index in [1.165, 1.54) is 18.2 Å². The Bertz CT molecular complexity index is 1130. The Kier molecular flexibility index (Phi) is 7.55. The van der Waals surface area contributed by atoms with Crippen LogP contribution in [0.2, 0.25) is 0 Å². The van der Waals surface area contributed by atoms with Gasteiger partial charge in [0.05, 0.1) is 18.0 Å². The number of ether oxygens (including phenoxy) is 2. The van der Waals surface area contributed by atoms with Gasteiger partial charge in [0, 0.05) is 18.3 Å². The van der Waals surface area contributed by atoms with Crippen LogP contribution < -0.4 is 19.5 Å². The Balaban J connectivity index is 1.71. The minimum atomic E-state index is -3.82. The predicted octanol–water partition coefficient (Wildman–Crippen LogP) is 2.74. The van der Waals surface area contributed by atoms with Gasteiger partial charge in [-0.25, -0.2) is 13.6 Å². The summed E-state index contributed by atoms with van der Waals surface area (Å²) in [6.45, 7) is 1.44. The molecule has 1 amide bonds. The molecule has 180 valence electrons. The summed E-state index contributed by atoms with van der Waals surface area (Å²) in [6, 6.07) is 9.06. The van der Waals surface area contributed by atoms with Crippen molar-refractivity contribution >= 4 is 21.6 Å². The molecule has 0 radical (unpaired) electrons. The zero-order chi connectivity index (χ0) is 24.3. The maximum atomic E-state index is 13.1. The number of hydrogen-bond donors (Lipinski definition) is 1. The van der Waals surface area contributed by atoms with Crippen molar-refractivity contribution in [3.05, 3.63) is 47.5 Å². The van der Waals surface area contributed by atoms with Gasteiger partial charge in [0.15, 0.2) is 11.5 Å². The van der Waals surface area contributed by atoms with Crippen molar-refractivity contribution in [1.82, 2.24) is 4.90 Å². The molecule has 0 fully saturated rings. The Hall–Kier alpha value is -2.76. The van der Waals surface area contributed by atoms with E-state index >= 15 is 0 Å². The maximum absolute atomic E-state index is 13.1. The molecule has 33 heavy (non-hydrogen) atoms. The molecule has 1 heterocycles. The number of primary sulfonamides is 1. The summed E-state index contributed by atoms with van der Waals surface area (Å²) in [5.74, 6) is 0.0215. The molecule has 2 aromatic carbocycles. The highest BCUT2D eigenvalue weighted by atomic mass is 32.2. The average molecular weight is 484 g/mol. The Labute approximate surface area is 191 Å². The third-order valence-corrected chi connectivity index (χ3v) is 6.16. The molecule has 1 atom stereocenters. The third kappa shape index (κ3) is 5.98. The van der Waals surface area contributed by atoms with Crippen LogP contribution in [0.5, 0.6) is 11.5 Å². The van der Waals surface area contributed by atoms with Crippen molar-refractivity contribution < 1.29 is 31.5 Å². The number of likely N-dealkylation sites (N-methyl/N-ethyl adjacent to an activating group) is 1. The number of sulfonamides is 1. The van der Waals surface area contributed by atoms with Crippen LogP contribution in [0.25, 0.3) is 0 Å². The highest BCUT2D eigenvalue weighted by Gasteiger charge is 2.32. The van der Waals surface area contributed by atoms with Crippen LogP contribution in [0.15, 0.2) is 41.3 Å². The van der Waals surface area contributed by atoms with E-state index in [-0.39, 0.29) is 41.5 Å². The number of benzene rings is 2. The molecular weight excluding hydrogens is 456 g/mol. The second-order valence-electron chi connectivity index (χ2n) is 7.92. The van der Waals surface area contributed by atoms with E-state index in [1.807, 2.05) is 6.92 Å². The topological polar surface area (TPSA) is 102 Å². The summed E-state index contributed by atoms with van der Waals surface area (Å²) in [4.78, 5) is 16.5. The Morgan fingerprint density at radius 1 is 1.24 bits per heavy atom. The summed E-state index contributed by atoms with van der Waals surface area (Å²) in [7, 11) is -2.05. The number of anilines is 1. The molecule has 0 aromatic heterocycles. The molecule has 0 bridgehead atoms. The van der Waals surface area contributed by atoms with Gasteiger partial charge in [0.25, 0.3) is 0 Å². The highest BCUT2D eigenvalue weighted by Crippen LogP contribution is 2.34. The maximum Gasteiger partial charge on any atom is 0.387 e. The minimum absolute atomic E-state index is 0.0178. The molecule has 3 rings (SSSR count). The van der Waals surface area contributed by atoms with E-state index in [2.05, 4.69) is 4.74 Å². The number of nitrogens with two attached hydrogens (primary N) is 1. The van der Waals surface area contributed by atoms with E-state index in [0.717, 1.165) is 11.1 Å². The smallest absolute Gasteiger partial charge is 0.387 e. The number of carbonyl (C=O) groups is 1. The molecule has 2 aromatic rings. The average Bonchev–Trinajstić information content (AvgIpc) is 3.04. The SMILES string of the molecule is CCOc1cc(CN(C)CC(=O)N2c3ccc(S(N)(=O)=O)cc3CC2C)ccc1OC(F)F. The number of nitrogens with zero attached hydrogens (tertiary/aromatic N) is 2. The fourth-order valence-electron chi connectivity index (χ4n) is 3.95. The van der Waals surface area contributed by atoms with E-state index in [1.54, 1.807) is 42.0 Å². The van der Waals surface area contributed by atoms with Crippen LogP contribution in [0.3, 0.4) is 0 Å². The zero-order valence-corrected chi connectivity index (χ0v) is 19.4. The molecule has 2 N–H and O–H groups in total. The van der Waals surface area contributed by atoms with Gasteiger partial charge in [-0.05, 0) is 68.8 Å². The first-order chi connectivity index (χ1) is 15.5. The summed E-state index contributed by atoms with van der Waals surface area (Å²) >= 11 is 0. The van der Waals surface area contributed by atoms with Crippen LogP contribution >= 0.6 is 0 Å². The largest absolute Gasteiger partial charge is 0.490 e. The van der Waals surface area contributed by atoms with Crippen molar-refractivity contribution in [2.45, 2.75) is 44.4 Å². The molecule has 1 unspecified atom stereocenters. The Morgan fingerprint density at radius 3 is 2.61 bits per heavy atom. The summed E-state index contributed by atoms with van der Waals surface area (Å²) in [5, 5.41) is 5.21. The fourth-order valence-corrected chi connectivity index (χ4v) is 4.52. The van der Waals surface area contributed by atoms with Gasteiger partial charge in [0.1, 0.15) is 0 Å². The second kappa shape index (κ2) is 10.0. The highest BCUT2D eigenvalue weighted by molar-refractivity contribution is 7.89. The van der Waals surface area contributed by atoms with Gasteiger partial charge in [-0.3, -0.25) is 9.69 Å². The lowest BCUT2D eigenvalue weighted by Crippen LogP contribution is -2.41. The fraction of sp³-hybridized carbons (Fsp3) is 0.409. The predicted molar refractivity (Wildman–Crippen MR) is 119 cm³/mol. The van der Waals surface area contributed by atoms with Crippen LogP contribution in [0, 0.1) is 0 Å². The van der Waals surface area contributed by atoms with Crippen molar-refractivity contribution in [2.75, 3.05) is 25.1 Å². The summed E-state index contributed by atoms with van der Waals surface area (Å²) < 4.78 is 58.3. The number of amides is 1. The zero-order valence-electron chi connectivity index (χ0n) is 18.6. The van der Waals surface area contributed by atoms with Gasteiger partial charge in [-0.15, -0.1) is 0 Å². The molecular formula is C22H27F2N3O5S. The number of rotatable bonds is 9. The minimum Gasteiger partial charge on any atom is -0.490 e. The van der Waals surface area contributed by atoms with Crippen LogP contribution in [-0.4, -0.2) is 52.1 Å². The summed E-state index contributed by atoms with van der Waals surface area (Å²) in [6.07, 6.45) is 0.525. The van der Waals surface area contributed by atoms with Gasteiger partial charge in [0.2, 0.25) is 15.9 Å². The van der Waals surface area contributed by atoms with Crippen molar-refractivity contribution in [1.29, 1.82) is 0 Å². The normalized spacial score (nSPS) is 15.8. The lowest BCUT2D eigenvalue weighted by atomic mass is 10.1. The number of hydrogen-bond acceptors (Lipinski definition) is 6. The molecule has 0 saturated heterocycles. The molecule has 0 spiro atoms. The lowest BCUT2D eigenvalue weighted by Gasteiger charge is -2.26. The van der Waals surface area contributed by atoms with Gasteiger partial charge >= 0.3 is 6.61 Å². The van der Waals surface area contributed by atoms with Crippen LogP contribution in [0.4, 0.5) is 14.5 Å². The molecule has 0 aliphatic carbocycles. The standard InChI is InChI=1S/C22H27F2N3O5S/c1-4-31-20-10-15(5-8-19(20)32-22(23)24)12-26(3)13-21(28)27-14(2)9-16-11-17(33(25,29)30)6-7-18(16)27/h5-8,10-11,14,22H,4,9,12-13H2,1-3H3,(H2,25,29,30). The first kappa shape index (κ1) is 24.9. The van der Waals surface area contributed by atoms with E-state index in [0.29, 0.717) is 18.7 Å². The number of alkyl halides is 2. The molecule has 8 nitrogen and oxygen atoms in total. The van der Waals surface area contributed by atoms with Crippen molar-refractivity contribution in [2.24, 2.45) is 5.14 Å². The molecule has 1 aliphatic heterocycles. The number of halogens is 2. The van der Waals surface area contributed by atoms with Crippen LogP contribution in [-0.2, 0) is 27.8 Å². The lowest BCUT2D eigenvalue weighted by molar-refractivity contribution is -0.119. The van der Waals surface area contributed by atoms with Crippen molar-refractivity contribution in [3.8, 4) is 11.5 Å². The monoisotopic (exact) mass is 483 g/mol. The van der Waals surface area contributed by atoms with Gasteiger partial charge in [-0.2, -0.15) is 8.78 Å². The first-order valence-electron chi connectivity index (χ1n) is 10.4. The number of fused-ring (bicyclic) bond motifs is 1. The number of carbonyl (C=O) groups excluding carboxylic acids is 1. The third-order valence-electron chi connectivity index (χ3n) is 5.25. The van der Waals surface area contributed by atoms with Gasteiger partial charge < -0.3 is 14.4 Å². The van der Waals surface area contributed by atoms with Gasteiger partial charge in [-0.1, -0.05) is 6.07 Å². The summed E-state index contributed by atoms with van der Waals surface area (Å²) in [5.41, 5.74) is 2.18. The Morgan fingerprint density at radius 2 is 1.97 bits per heavy atom.